The normalized spacial score (nSPS) is 14.9. The minimum Gasteiger partial charge on any atom is -0.400 e. The minimum absolute atomic E-state index is 0.0590. The third-order valence-electron chi connectivity index (χ3n) is 3.87. The molecule has 3 rings (SSSR count). The molecule has 0 atom stereocenters. The number of rotatable bonds is 2. The van der Waals surface area contributed by atoms with Gasteiger partial charge in [0, 0.05) is 25.8 Å². The maximum atomic E-state index is 12.8. The second kappa shape index (κ2) is 8.01. The van der Waals surface area contributed by atoms with E-state index in [2.05, 4.69) is 9.68 Å². The molecule has 3 heterocycles. The summed E-state index contributed by atoms with van der Waals surface area (Å²) < 4.78 is 42.7. The minimum atomic E-state index is -4.57. The van der Waals surface area contributed by atoms with E-state index in [4.69, 9.17) is 5.11 Å². The number of aliphatic hydroxyl groups excluding tert-OH is 1. The van der Waals surface area contributed by atoms with E-state index in [0.29, 0.717) is 9.75 Å². The molecule has 9 heteroatoms. The predicted molar refractivity (Wildman–Crippen MR) is 87.5 cm³/mol. The van der Waals surface area contributed by atoms with Gasteiger partial charge in [0.05, 0.1) is 9.75 Å². The SMILES string of the molecule is CO.Cc1c(-c2ccc(C(=O)N3CCCCC3)s2)noc1C(F)(F)F. The van der Waals surface area contributed by atoms with Crippen LogP contribution >= 0.6 is 11.3 Å². The van der Waals surface area contributed by atoms with Crippen molar-refractivity contribution < 1.29 is 27.6 Å². The van der Waals surface area contributed by atoms with Crippen molar-refractivity contribution in [2.24, 2.45) is 0 Å². The van der Waals surface area contributed by atoms with Crippen LogP contribution in [0.15, 0.2) is 16.7 Å². The van der Waals surface area contributed by atoms with Crippen LogP contribution in [0.2, 0.25) is 0 Å². The number of likely N-dealkylation sites (tertiary alicyclic amines) is 1. The fourth-order valence-corrected chi connectivity index (χ4v) is 3.68. The Morgan fingerprint density at radius 1 is 1.24 bits per heavy atom. The van der Waals surface area contributed by atoms with Crippen LogP contribution in [-0.2, 0) is 6.18 Å². The first-order chi connectivity index (χ1) is 11.9. The lowest BCUT2D eigenvalue weighted by Gasteiger charge is -2.26. The van der Waals surface area contributed by atoms with Gasteiger partial charge >= 0.3 is 6.18 Å². The average molecular weight is 376 g/mol. The molecule has 0 aromatic carbocycles. The second-order valence-corrected chi connectivity index (χ2v) is 6.58. The van der Waals surface area contributed by atoms with E-state index in [9.17, 15) is 18.0 Å². The topological polar surface area (TPSA) is 66.6 Å². The van der Waals surface area contributed by atoms with Crippen molar-refractivity contribution in [1.29, 1.82) is 0 Å². The highest BCUT2D eigenvalue weighted by molar-refractivity contribution is 7.17. The van der Waals surface area contributed by atoms with Crippen molar-refractivity contribution in [1.82, 2.24) is 10.1 Å². The molecule has 25 heavy (non-hydrogen) atoms. The number of aliphatic hydroxyl groups is 1. The smallest absolute Gasteiger partial charge is 0.400 e. The molecule has 2 aromatic heterocycles. The van der Waals surface area contributed by atoms with Gasteiger partial charge in [-0.3, -0.25) is 4.79 Å². The van der Waals surface area contributed by atoms with E-state index in [1.165, 1.54) is 6.92 Å². The molecule has 0 unspecified atom stereocenters. The summed E-state index contributed by atoms with van der Waals surface area (Å²) in [5.74, 6) is -1.16. The molecular weight excluding hydrogens is 357 g/mol. The summed E-state index contributed by atoms with van der Waals surface area (Å²) in [6.07, 6.45) is -1.47. The molecule has 1 aliphatic rings. The summed E-state index contributed by atoms with van der Waals surface area (Å²) in [6, 6.07) is 3.26. The summed E-state index contributed by atoms with van der Waals surface area (Å²) in [7, 11) is 1.00. The molecule has 5 nitrogen and oxygen atoms in total. The lowest BCUT2D eigenvalue weighted by Crippen LogP contribution is -2.35. The number of carbonyl (C=O) groups is 1. The van der Waals surface area contributed by atoms with Crippen molar-refractivity contribution in [3.8, 4) is 10.6 Å². The molecule has 0 bridgehead atoms. The fraction of sp³-hybridized carbons (Fsp3) is 0.500. The monoisotopic (exact) mass is 376 g/mol. The zero-order valence-electron chi connectivity index (χ0n) is 13.9. The Hall–Kier alpha value is -1.87. The number of amides is 1. The fourth-order valence-electron chi connectivity index (χ4n) is 2.66. The van der Waals surface area contributed by atoms with Gasteiger partial charge in [0.25, 0.3) is 5.91 Å². The van der Waals surface area contributed by atoms with E-state index >= 15 is 0 Å². The van der Waals surface area contributed by atoms with Crippen molar-refractivity contribution in [2.75, 3.05) is 20.2 Å². The second-order valence-electron chi connectivity index (χ2n) is 5.50. The Morgan fingerprint density at radius 2 is 1.88 bits per heavy atom. The Kier molecular flexibility index (Phi) is 6.23. The molecule has 1 fully saturated rings. The summed E-state index contributed by atoms with van der Waals surface area (Å²) in [4.78, 5) is 15.2. The van der Waals surface area contributed by atoms with Gasteiger partial charge in [-0.1, -0.05) is 5.16 Å². The Bertz CT molecular complexity index is 719. The largest absolute Gasteiger partial charge is 0.452 e. The molecule has 1 amide bonds. The molecule has 0 radical (unpaired) electrons. The molecule has 138 valence electrons. The van der Waals surface area contributed by atoms with Gasteiger partial charge in [0.15, 0.2) is 0 Å². The van der Waals surface area contributed by atoms with E-state index < -0.39 is 11.9 Å². The number of alkyl halides is 3. The van der Waals surface area contributed by atoms with Crippen LogP contribution in [0.4, 0.5) is 13.2 Å². The summed E-state index contributed by atoms with van der Waals surface area (Å²) in [5.41, 5.74) is 0.0799. The number of hydrogen-bond donors (Lipinski definition) is 1. The van der Waals surface area contributed by atoms with Gasteiger partial charge < -0.3 is 14.5 Å². The van der Waals surface area contributed by atoms with Gasteiger partial charge in [-0.2, -0.15) is 13.2 Å². The molecule has 2 aromatic rings. The third kappa shape index (κ3) is 4.21. The van der Waals surface area contributed by atoms with Crippen LogP contribution in [0.5, 0.6) is 0 Å². The highest BCUT2D eigenvalue weighted by Gasteiger charge is 2.39. The molecule has 0 saturated carbocycles. The molecular formula is C16H19F3N2O3S. The third-order valence-corrected chi connectivity index (χ3v) is 4.95. The highest BCUT2D eigenvalue weighted by Crippen LogP contribution is 2.38. The van der Waals surface area contributed by atoms with Crippen molar-refractivity contribution in [3.63, 3.8) is 0 Å². The summed E-state index contributed by atoms with van der Waals surface area (Å²) in [6.45, 7) is 2.78. The van der Waals surface area contributed by atoms with E-state index in [1.807, 2.05) is 0 Å². The Labute approximate surface area is 147 Å². The van der Waals surface area contributed by atoms with Gasteiger partial charge in [0.1, 0.15) is 5.69 Å². The van der Waals surface area contributed by atoms with Crippen LogP contribution in [0.25, 0.3) is 10.6 Å². The van der Waals surface area contributed by atoms with E-state index in [-0.39, 0.29) is 17.2 Å². The number of piperidine rings is 1. The molecule has 0 aliphatic carbocycles. The lowest BCUT2D eigenvalue weighted by molar-refractivity contribution is -0.156. The lowest BCUT2D eigenvalue weighted by atomic mass is 10.1. The zero-order valence-corrected chi connectivity index (χ0v) is 14.7. The number of halogens is 3. The Balaban J connectivity index is 0.00000109. The number of nitrogens with zero attached hydrogens (tertiary/aromatic N) is 2. The summed E-state index contributed by atoms with van der Waals surface area (Å²) >= 11 is 1.14. The van der Waals surface area contributed by atoms with Crippen molar-refractivity contribution in [3.05, 3.63) is 28.3 Å². The highest BCUT2D eigenvalue weighted by atomic mass is 32.1. The summed E-state index contributed by atoms with van der Waals surface area (Å²) in [5, 5.41) is 10.5. The first-order valence-electron chi connectivity index (χ1n) is 7.75. The van der Waals surface area contributed by atoms with Gasteiger partial charge in [-0.05, 0) is 38.3 Å². The quantitative estimate of drug-likeness (QED) is 0.861. The van der Waals surface area contributed by atoms with E-state index in [1.54, 1.807) is 17.0 Å². The van der Waals surface area contributed by atoms with E-state index in [0.717, 1.165) is 50.8 Å². The van der Waals surface area contributed by atoms with Crippen molar-refractivity contribution >= 4 is 17.2 Å². The average Bonchev–Trinajstić information content (AvgIpc) is 3.23. The van der Waals surface area contributed by atoms with Crippen LogP contribution in [-0.4, -0.2) is 41.3 Å². The van der Waals surface area contributed by atoms with Gasteiger partial charge in [0.2, 0.25) is 5.76 Å². The van der Waals surface area contributed by atoms with Crippen LogP contribution in [0.1, 0.15) is 40.3 Å². The molecule has 0 spiro atoms. The standard InChI is InChI=1S/C15H15F3N2O2S.CH4O/c1-9-12(19-22-13(9)15(16,17)18)10-5-6-11(23-10)14(21)20-7-3-2-4-8-20;1-2/h5-6H,2-4,7-8H2,1H3;2H,1H3. The Morgan fingerprint density at radius 3 is 2.44 bits per heavy atom. The van der Waals surface area contributed by atoms with Gasteiger partial charge in [-0.15, -0.1) is 11.3 Å². The van der Waals surface area contributed by atoms with Crippen LogP contribution in [0, 0.1) is 6.92 Å². The van der Waals surface area contributed by atoms with Crippen molar-refractivity contribution in [2.45, 2.75) is 32.4 Å². The molecule has 1 N–H and O–H groups in total. The first kappa shape index (κ1) is 19.5. The maximum absolute atomic E-state index is 12.8. The zero-order chi connectivity index (χ0) is 18.6. The number of hydrogen-bond acceptors (Lipinski definition) is 5. The molecule has 1 aliphatic heterocycles. The molecule has 1 saturated heterocycles. The first-order valence-corrected chi connectivity index (χ1v) is 8.57. The number of thiophene rings is 1. The maximum Gasteiger partial charge on any atom is 0.452 e. The van der Waals surface area contributed by atoms with Crippen LogP contribution < -0.4 is 0 Å². The number of aromatic nitrogens is 1. The van der Waals surface area contributed by atoms with Crippen LogP contribution in [0.3, 0.4) is 0 Å². The predicted octanol–water partition coefficient (Wildman–Crippen LogP) is 3.96. The number of carbonyl (C=O) groups excluding carboxylic acids is 1. The van der Waals surface area contributed by atoms with Gasteiger partial charge in [-0.25, -0.2) is 0 Å².